The highest BCUT2D eigenvalue weighted by atomic mass is 16.3. The molecule has 2 N–H and O–H groups in total. The summed E-state index contributed by atoms with van der Waals surface area (Å²) in [4.78, 5) is 12.4. The molecule has 0 aliphatic heterocycles. The number of nitrogens with zero attached hydrogens (tertiary/aromatic N) is 1. The van der Waals surface area contributed by atoms with Crippen LogP contribution in [0.2, 0.25) is 0 Å². The molecule has 1 amide bonds. The van der Waals surface area contributed by atoms with Gasteiger partial charge in [-0.3, -0.25) is 4.79 Å². The molecule has 0 saturated carbocycles. The van der Waals surface area contributed by atoms with Crippen molar-refractivity contribution < 1.29 is 9.90 Å². The summed E-state index contributed by atoms with van der Waals surface area (Å²) in [6.45, 7) is 12.2. The molecular formula is C17H28N2O2. The maximum absolute atomic E-state index is 12.4. The summed E-state index contributed by atoms with van der Waals surface area (Å²) in [5, 5.41) is 13.3. The minimum atomic E-state index is -0.428. The van der Waals surface area contributed by atoms with Crippen LogP contribution in [0, 0.1) is 5.41 Å². The minimum Gasteiger partial charge on any atom is -0.388 e. The Morgan fingerprint density at radius 3 is 2.67 bits per heavy atom. The lowest BCUT2D eigenvalue weighted by Gasteiger charge is -2.35. The molecule has 0 fully saturated rings. The number of carbonyl (C=O) groups excluding carboxylic acids is 1. The van der Waals surface area contributed by atoms with E-state index < -0.39 is 6.10 Å². The largest absolute Gasteiger partial charge is 0.388 e. The predicted molar refractivity (Wildman–Crippen MR) is 84.1 cm³/mol. The number of amides is 1. The Labute approximate surface area is 127 Å². The van der Waals surface area contributed by atoms with Gasteiger partial charge in [0.25, 0.3) is 0 Å². The van der Waals surface area contributed by atoms with Gasteiger partial charge in [0, 0.05) is 23.0 Å². The molecule has 1 aromatic heterocycles. The lowest BCUT2D eigenvalue weighted by Crippen LogP contribution is -2.44. The zero-order chi connectivity index (χ0) is 16.0. The average molecular weight is 292 g/mol. The van der Waals surface area contributed by atoms with Gasteiger partial charge < -0.3 is 15.0 Å². The second kappa shape index (κ2) is 5.16. The zero-order valence-corrected chi connectivity index (χ0v) is 14.0. The van der Waals surface area contributed by atoms with Crippen LogP contribution in [0.25, 0.3) is 0 Å². The number of aromatic nitrogens is 1. The number of rotatable bonds is 2. The van der Waals surface area contributed by atoms with Gasteiger partial charge in [0.1, 0.15) is 6.04 Å². The molecule has 2 unspecified atom stereocenters. The van der Waals surface area contributed by atoms with Gasteiger partial charge in [-0.25, -0.2) is 0 Å². The van der Waals surface area contributed by atoms with E-state index in [0.717, 1.165) is 24.1 Å². The van der Waals surface area contributed by atoms with Crippen LogP contribution in [0.4, 0.5) is 0 Å². The van der Waals surface area contributed by atoms with Crippen molar-refractivity contribution in [1.29, 1.82) is 0 Å². The van der Waals surface area contributed by atoms with E-state index in [2.05, 4.69) is 19.2 Å². The highest BCUT2D eigenvalue weighted by molar-refractivity contribution is 5.80. The van der Waals surface area contributed by atoms with E-state index in [1.165, 1.54) is 0 Å². The summed E-state index contributed by atoms with van der Waals surface area (Å²) >= 11 is 0. The van der Waals surface area contributed by atoms with Gasteiger partial charge in [-0.2, -0.15) is 0 Å². The van der Waals surface area contributed by atoms with Gasteiger partial charge in [-0.1, -0.05) is 13.8 Å². The molecule has 4 nitrogen and oxygen atoms in total. The topological polar surface area (TPSA) is 54.3 Å². The van der Waals surface area contributed by atoms with Gasteiger partial charge >= 0.3 is 0 Å². The number of carbonyl (C=O) groups is 1. The monoisotopic (exact) mass is 292 g/mol. The Bertz CT molecular complexity index is 537. The molecule has 1 aliphatic carbocycles. The fraction of sp³-hybridized carbons (Fsp3) is 0.706. The fourth-order valence-corrected chi connectivity index (χ4v) is 3.11. The summed E-state index contributed by atoms with van der Waals surface area (Å²) < 4.78 is 2.01. The number of fused-ring (bicyclic) bond motifs is 1. The quantitative estimate of drug-likeness (QED) is 0.880. The normalized spacial score (nSPS) is 22.5. The van der Waals surface area contributed by atoms with Gasteiger partial charge in [-0.15, -0.1) is 0 Å². The minimum absolute atomic E-state index is 0.0127. The van der Waals surface area contributed by atoms with Crippen molar-refractivity contribution in [3.63, 3.8) is 0 Å². The molecule has 0 spiro atoms. The van der Waals surface area contributed by atoms with E-state index in [9.17, 15) is 9.90 Å². The van der Waals surface area contributed by atoms with Crippen LogP contribution in [0.5, 0.6) is 0 Å². The molecule has 1 aromatic rings. The molecular weight excluding hydrogens is 264 g/mol. The first kappa shape index (κ1) is 16.1. The predicted octanol–water partition coefficient (Wildman–Crippen LogP) is 2.97. The average Bonchev–Trinajstić information content (AvgIpc) is 2.67. The van der Waals surface area contributed by atoms with Crippen LogP contribution in [-0.4, -0.2) is 21.1 Å². The highest BCUT2D eigenvalue weighted by Gasteiger charge is 2.34. The second-order valence-corrected chi connectivity index (χ2v) is 8.10. The number of hydrogen-bond donors (Lipinski definition) is 2. The van der Waals surface area contributed by atoms with E-state index in [1.807, 2.05) is 44.5 Å². The SMILES string of the molecule is CC(C(=O)NC(C)(C)C)n1ccc2c1CC(C)(C)CC2O. The van der Waals surface area contributed by atoms with E-state index in [1.54, 1.807) is 0 Å². The van der Waals surface area contributed by atoms with Crippen LogP contribution in [0.1, 0.15) is 71.4 Å². The molecule has 0 saturated heterocycles. The van der Waals surface area contributed by atoms with E-state index in [4.69, 9.17) is 0 Å². The van der Waals surface area contributed by atoms with Crippen molar-refractivity contribution in [3.8, 4) is 0 Å². The third-order valence-electron chi connectivity index (χ3n) is 4.11. The lowest BCUT2D eigenvalue weighted by atomic mass is 9.75. The molecule has 0 bridgehead atoms. The van der Waals surface area contributed by atoms with Gasteiger partial charge in [0.15, 0.2) is 0 Å². The molecule has 0 aromatic carbocycles. The molecule has 118 valence electrons. The Kier molecular flexibility index (Phi) is 3.96. The molecule has 4 heteroatoms. The molecule has 1 heterocycles. The van der Waals surface area contributed by atoms with E-state index in [0.29, 0.717) is 0 Å². The first-order chi connectivity index (χ1) is 9.50. The fourth-order valence-electron chi connectivity index (χ4n) is 3.11. The molecule has 2 rings (SSSR count). The number of aliphatic hydroxyl groups is 1. The number of nitrogens with one attached hydrogen (secondary N) is 1. The number of aliphatic hydroxyl groups excluding tert-OH is 1. The van der Waals surface area contributed by atoms with Crippen molar-refractivity contribution in [2.75, 3.05) is 0 Å². The van der Waals surface area contributed by atoms with Crippen LogP contribution < -0.4 is 5.32 Å². The summed E-state index contributed by atoms with van der Waals surface area (Å²) in [5.41, 5.74) is 1.89. The standard InChI is InChI=1S/C17H28N2O2/c1-11(15(21)18-16(2,3)4)19-8-7-12-13(19)9-17(5,6)10-14(12)20/h7-8,11,14,20H,9-10H2,1-6H3,(H,18,21). The van der Waals surface area contributed by atoms with Gasteiger partial charge in [0.05, 0.1) is 6.10 Å². The maximum Gasteiger partial charge on any atom is 0.243 e. The van der Waals surface area contributed by atoms with Crippen molar-refractivity contribution in [3.05, 3.63) is 23.5 Å². The smallest absolute Gasteiger partial charge is 0.243 e. The van der Waals surface area contributed by atoms with Crippen molar-refractivity contribution >= 4 is 5.91 Å². The van der Waals surface area contributed by atoms with Crippen molar-refractivity contribution in [2.24, 2.45) is 5.41 Å². The van der Waals surface area contributed by atoms with Crippen molar-refractivity contribution in [1.82, 2.24) is 9.88 Å². The Morgan fingerprint density at radius 1 is 1.48 bits per heavy atom. The van der Waals surface area contributed by atoms with Crippen LogP contribution in [0.3, 0.4) is 0 Å². The molecule has 1 aliphatic rings. The summed E-state index contributed by atoms with van der Waals surface area (Å²) in [6, 6.07) is 1.69. The lowest BCUT2D eigenvalue weighted by molar-refractivity contribution is -0.125. The summed E-state index contributed by atoms with van der Waals surface area (Å²) in [6.07, 6.45) is 3.16. The van der Waals surface area contributed by atoms with Crippen LogP contribution in [0.15, 0.2) is 12.3 Å². The van der Waals surface area contributed by atoms with Gasteiger partial charge in [0.2, 0.25) is 5.91 Å². The van der Waals surface area contributed by atoms with Crippen LogP contribution >= 0.6 is 0 Å². The van der Waals surface area contributed by atoms with E-state index in [-0.39, 0.29) is 22.9 Å². The first-order valence-corrected chi connectivity index (χ1v) is 7.70. The van der Waals surface area contributed by atoms with Crippen LogP contribution in [-0.2, 0) is 11.2 Å². The third-order valence-corrected chi connectivity index (χ3v) is 4.11. The number of hydrogen-bond acceptors (Lipinski definition) is 2. The third kappa shape index (κ3) is 3.49. The Hall–Kier alpha value is -1.29. The Morgan fingerprint density at radius 2 is 2.10 bits per heavy atom. The molecule has 2 atom stereocenters. The summed E-state index contributed by atoms with van der Waals surface area (Å²) in [7, 11) is 0. The molecule has 21 heavy (non-hydrogen) atoms. The Balaban J connectivity index is 2.28. The van der Waals surface area contributed by atoms with Crippen molar-refractivity contribution in [2.45, 2.75) is 72.1 Å². The second-order valence-electron chi connectivity index (χ2n) is 8.10. The highest BCUT2D eigenvalue weighted by Crippen LogP contribution is 2.41. The van der Waals surface area contributed by atoms with E-state index >= 15 is 0 Å². The zero-order valence-electron chi connectivity index (χ0n) is 14.0. The maximum atomic E-state index is 12.4. The summed E-state index contributed by atoms with van der Waals surface area (Å²) in [5.74, 6) is 0.0127. The van der Waals surface area contributed by atoms with Gasteiger partial charge in [-0.05, 0) is 52.0 Å². The first-order valence-electron chi connectivity index (χ1n) is 7.70. The molecule has 0 radical (unpaired) electrons.